The largest absolute Gasteiger partial charge is 0.490 e. The van der Waals surface area contributed by atoms with Crippen molar-refractivity contribution in [3.63, 3.8) is 0 Å². The number of rotatable bonds is 6. The first kappa shape index (κ1) is 23.4. The highest BCUT2D eigenvalue weighted by molar-refractivity contribution is 9.10. The van der Waals surface area contributed by atoms with Gasteiger partial charge in [-0.05, 0) is 48.6 Å². The van der Waals surface area contributed by atoms with Gasteiger partial charge >= 0.3 is 0 Å². The number of amides is 2. The van der Waals surface area contributed by atoms with Gasteiger partial charge in [-0.15, -0.1) is 0 Å². The average molecular weight is 521 g/mol. The molecule has 0 unspecified atom stereocenters. The van der Waals surface area contributed by atoms with Crippen LogP contribution in [0, 0.1) is 0 Å². The minimum atomic E-state index is -0.547. The Kier molecular flexibility index (Phi) is 9.12. The number of thiocarbonyl (C=S) groups is 1. The third-order valence-electron chi connectivity index (χ3n) is 3.42. The van der Waals surface area contributed by atoms with Crippen LogP contribution in [-0.2, 0) is 4.74 Å². The first-order chi connectivity index (χ1) is 13.8. The minimum Gasteiger partial charge on any atom is -0.490 e. The van der Waals surface area contributed by atoms with Crippen molar-refractivity contribution in [1.82, 2.24) is 16.2 Å². The summed E-state index contributed by atoms with van der Waals surface area (Å²) in [6, 6.07) is 9.42. The smallest absolute Gasteiger partial charge is 0.271 e. The van der Waals surface area contributed by atoms with Gasteiger partial charge in [0.05, 0.1) is 22.8 Å². The van der Waals surface area contributed by atoms with E-state index in [0.717, 1.165) is 0 Å². The van der Waals surface area contributed by atoms with Crippen LogP contribution in [0.4, 0.5) is 0 Å². The summed E-state index contributed by atoms with van der Waals surface area (Å²) in [5, 5.41) is 2.93. The molecule has 2 aromatic rings. The lowest BCUT2D eigenvalue weighted by atomic mass is 10.2. The highest BCUT2D eigenvalue weighted by atomic mass is 79.9. The van der Waals surface area contributed by atoms with E-state index in [1.165, 1.54) is 18.2 Å². The molecule has 2 aromatic carbocycles. The Morgan fingerprint density at radius 3 is 2.48 bits per heavy atom. The quantitative estimate of drug-likeness (QED) is 0.305. The number of hydrazine groups is 1. The van der Waals surface area contributed by atoms with E-state index in [2.05, 4.69) is 32.1 Å². The molecular formula is C18H16BrCl2N3O4S. The second kappa shape index (κ2) is 11.3. The van der Waals surface area contributed by atoms with Crippen LogP contribution in [0.2, 0.25) is 10.0 Å². The molecule has 0 aliphatic rings. The van der Waals surface area contributed by atoms with Crippen molar-refractivity contribution in [2.75, 3.05) is 20.3 Å². The number of hydrogen-bond donors (Lipinski definition) is 3. The van der Waals surface area contributed by atoms with Gasteiger partial charge in [0, 0.05) is 16.6 Å². The van der Waals surface area contributed by atoms with Crippen molar-refractivity contribution >= 4 is 68.3 Å². The zero-order chi connectivity index (χ0) is 21.4. The molecule has 29 heavy (non-hydrogen) atoms. The Morgan fingerprint density at radius 1 is 1.03 bits per heavy atom. The van der Waals surface area contributed by atoms with Crippen LogP contribution in [0.3, 0.4) is 0 Å². The average Bonchev–Trinajstić information content (AvgIpc) is 2.67. The summed E-state index contributed by atoms with van der Waals surface area (Å²) in [7, 11) is 1.55. The lowest BCUT2D eigenvalue weighted by molar-refractivity contribution is 0.0933. The number of nitrogens with one attached hydrogen (secondary N) is 3. The SMILES string of the molecule is COCCOc1ccc(Br)cc1C(=O)NC(=S)NNC(=O)c1ccc(Cl)cc1Cl. The number of carbonyl (C=O) groups is 2. The third-order valence-corrected chi connectivity index (χ3v) is 4.67. The Bertz CT molecular complexity index is 930. The van der Waals surface area contributed by atoms with Crippen molar-refractivity contribution in [2.24, 2.45) is 0 Å². The Hall–Kier alpha value is -1.91. The van der Waals surface area contributed by atoms with E-state index < -0.39 is 11.8 Å². The first-order valence-electron chi connectivity index (χ1n) is 8.10. The molecule has 11 heteroatoms. The van der Waals surface area contributed by atoms with E-state index in [9.17, 15) is 9.59 Å². The van der Waals surface area contributed by atoms with E-state index >= 15 is 0 Å². The Balaban J connectivity index is 1.97. The van der Waals surface area contributed by atoms with E-state index in [-0.39, 0.29) is 27.9 Å². The van der Waals surface area contributed by atoms with E-state index in [1.54, 1.807) is 25.3 Å². The van der Waals surface area contributed by atoms with Gasteiger partial charge in [0.15, 0.2) is 5.11 Å². The summed E-state index contributed by atoms with van der Waals surface area (Å²) in [6.45, 7) is 0.648. The predicted molar refractivity (Wildman–Crippen MR) is 119 cm³/mol. The molecule has 7 nitrogen and oxygen atoms in total. The lowest BCUT2D eigenvalue weighted by Crippen LogP contribution is -2.48. The van der Waals surface area contributed by atoms with E-state index in [4.69, 9.17) is 44.9 Å². The van der Waals surface area contributed by atoms with Crippen molar-refractivity contribution in [3.8, 4) is 5.75 Å². The van der Waals surface area contributed by atoms with Crippen molar-refractivity contribution in [1.29, 1.82) is 0 Å². The van der Waals surface area contributed by atoms with Crippen LogP contribution in [0.15, 0.2) is 40.9 Å². The van der Waals surface area contributed by atoms with Gasteiger partial charge in [0.2, 0.25) is 0 Å². The maximum absolute atomic E-state index is 12.5. The highest BCUT2D eigenvalue weighted by Gasteiger charge is 2.16. The van der Waals surface area contributed by atoms with Crippen molar-refractivity contribution in [3.05, 3.63) is 62.0 Å². The van der Waals surface area contributed by atoms with Crippen LogP contribution < -0.4 is 20.9 Å². The fourth-order valence-corrected chi connectivity index (χ4v) is 3.10. The second-order valence-corrected chi connectivity index (χ2v) is 7.64. The molecule has 0 heterocycles. The standard InChI is InChI=1S/C18H16BrCl2N3O4S/c1-27-6-7-28-15-5-2-10(19)8-13(15)16(25)22-18(29)24-23-17(26)12-4-3-11(20)9-14(12)21/h2-5,8-9H,6-7H2,1H3,(H,23,26)(H2,22,24,25,29). The molecule has 0 aromatic heterocycles. The fraction of sp³-hybridized carbons (Fsp3) is 0.167. The third kappa shape index (κ3) is 7.13. The topological polar surface area (TPSA) is 88.7 Å². The lowest BCUT2D eigenvalue weighted by Gasteiger charge is -2.14. The van der Waals surface area contributed by atoms with Gasteiger partial charge < -0.3 is 9.47 Å². The summed E-state index contributed by atoms with van der Waals surface area (Å²) >= 11 is 20.2. The summed E-state index contributed by atoms with van der Waals surface area (Å²) < 4.78 is 11.2. The van der Waals surface area contributed by atoms with Crippen LogP contribution in [0.5, 0.6) is 5.75 Å². The summed E-state index contributed by atoms with van der Waals surface area (Å²) in [6.07, 6.45) is 0. The summed E-state index contributed by atoms with van der Waals surface area (Å²) in [5.74, 6) is -0.702. The summed E-state index contributed by atoms with van der Waals surface area (Å²) in [4.78, 5) is 24.7. The first-order valence-corrected chi connectivity index (χ1v) is 10.1. The van der Waals surface area contributed by atoms with Gasteiger partial charge in [0.1, 0.15) is 12.4 Å². The molecule has 0 aliphatic heterocycles. The Labute approximate surface area is 191 Å². The normalized spacial score (nSPS) is 10.2. The van der Waals surface area contributed by atoms with Gasteiger partial charge in [-0.2, -0.15) is 0 Å². The molecule has 0 atom stereocenters. The molecule has 0 bridgehead atoms. The molecule has 2 amide bonds. The molecule has 0 spiro atoms. The van der Waals surface area contributed by atoms with Gasteiger partial charge in [-0.1, -0.05) is 39.1 Å². The van der Waals surface area contributed by atoms with Crippen molar-refractivity contribution in [2.45, 2.75) is 0 Å². The van der Waals surface area contributed by atoms with Crippen LogP contribution >= 0.6 is 51.3 Å². The highest BCUT2D eigenvalue weighted by Crippen LogP contribution is 2.23. The maximum Gasteiger partial charge on any atom is 0.271 e. The summed E-state index contributed by atoms with van der Waals surface area (Å²) in [5.41, 5.74) is 5.25. The predicted octanol–water partition coefficient (Wildman–Crippen LogP) is 3.73. The van der Waals surface area contributed by atoms with Crippen LogP contribution in [0.25, 0.3) is 0 Å². The molecule has 0 radical (unpaired) electrons. The Morgan fingerprint density at radius 2 is 1.79 bits per heavy atom. The molecule has 0 saturated heterocycles. The monoisotopic (exact) mass is 519 g/mol. The maximum atomic E-state index is 12.5. The number of halogens is 3. The molecule has 154 valence electrons. The number of hydrogen-bond acceptors (Lipinski definition) is 5. The van der Waals surface area contributed by atoms with Crippen molar-refractivity contribution < 1.29 is 19.1 Å². The van der Waals surface area contributed by atoms with E-state index in [1.807, 2.05) is 0 Å². The minimum absolute atomic E-state index is 0.115. The zero-order valence-electron chi connectivity index (χ0n) is 15.1. The number of ether oxygens (including phenoxy) is 2. The molecule has 0 aliphatic carbocycles. The molecular weight excluding hydrogens is 505 g/mol. The van der Waals surface area contributed by atoms with Gasteiger partial charge in [-0.25, -0.2) is 0 Å². The van der Waals surface area contributed by atoms with Crippen LogP contribution in [0.1, 0.15) is 20.7 Å². The number of carbonyl (C=O) groups excluding carboxylic acids is 2. The molecule has 0 saturated carbocycles. The molecule has 2 rings (SSSR count). The van der Waals surface area contributed by atoms with Gasteiger partial charge in [0.25, 0.3) is 11.8 Å². The molecule has 3 N–H and O–H groups in total. The number of benzene rings is 2. The molecule has 0 fully saturated rings. The zero-order valence-corrected chi connectivity index (χ0v) is 19.0. The van der Waals surface area contributed by atoms with Crippen LogP contribution in [-0.4, -0.2) is 37.3 Å². The fourth-order valence-electron chi connectivity index (χ4n) is 2.10. The second-order valence-electron chi connectivity index (χ2n) is 5.47. The van der Waals surface area contributed by atoms with Gasteiger partial charge in [-0.3, -0.25) is 25.8 Å². The van der Waals surface area contributed by atoms with E-state index in [0.29, 0.717) is 21.9 Å². The number of methoxy groups -OCH3 is 1.